The number of hydrogen-bond acceptors (Lipinski definition) is 0. The van der Waals surface area contributed by atoms with Gasteiger partial charge in [-0.05, 0) is 29.6 Å². The summed E-state index contributed by atoms with van der Waals surface area (Å²) in [5, 5.41) is 1.15. The van der Waals surface area contributed by atoms with Gasteiger partial charge in [-0.1, -0.05) is 43.6 Å². The SMILES string of the molecule is C[C@H]1CC[C@@](C)(CBr)C1(C)C. The van der Waals surface area contributed by atoms with Gasteiger partial charge in [-0.3, -0.25) is 0 Å². The molecule has 0 saturated heterocycles. The lowest BCUT2D eigenvalue weighted by atomic mass is 9.67. The van der Waals surface area contributed by atoms with Gasteiger partial charge in [0.15, 0.2) is 0 Å². The lowest BCUT2D eigenvalue weighted by Gasteiger charge is -2.39. The van der Waals surface area contributed by atoms with Gasteiger partial charge in [0, 0.05) is 5.33 Å². The van der Waals surface area contributed by atoms with Crippen molar-refractivity contribution in [3.8, 4) is 0 Å². The zero-order valence-corrected chi connectivity index (χ0v) is 9.66. The first kappa shape index (κ1) is 9.57. The molecule has 1 saturated carbocycles. The van der Waals surface area contributed by atoms with E-state index in [2.05, 4.69) is 43.6 Å². The topological polar surface area (TPSA) is 0 Å². The van der Waals surface area contributed by atoms with Crippen molar-refractivity contribution in [1.29, 1.82) is 0 Å². The van der Waals surface area contributed by atoms with E-state index >= 15 is 0 Å². The summed E-state index contributed by atoms with van der Waals surface area (Å²) < 4.78 is 0. The van der Waals surface area contributed by atoms with Crippen LogP contribution in [0, 0.1) is 16.7 Å². The summed E-state index contributed by atoms with van der Waals surface area (Å²) in [6, 6.07) is 0. The van der Waals surface area contributed by atoms with Crippen molar-refractivity contribution >= 4 is 15.9 Å². The van der Waals surface area contributed by atoms with E-state index in [4.69, 9.17) is 0 Å². The molecule has 0 aliphatic heterocycles. The van der Waals surface area contributed by atoms with Crippen molar-refractivity contribution in [3.63, 3.8) is 0 Å². The number of halogens is 1. The van der Waals surface area contributed by atoms with Gasteiger partial charge in [-0.25, -0.2) is 0 Å². The maximum absolute atomic E-state index is 3.64. The minimum Gasteiger partial charge on any atom is -0.0922 e. The molecule has 1 fully saturated rings. The van der Waals surface area contributed by atoms with Crippen molar-refractivity contribution in [2.45, 2.75) is 40.5 Å². The van der Waals surface area contributed by atoms with Crippen LogP contribution in [-0.2, 0) is 0 Å². The molecule has 0 radical (unpaired) electrons. The molecular weight excluding hydrogens is 200 g/mol. The lowest BCUT2D eigenvalue weighted by molar-refractivity contribution is 0.122. The third-order valence-corrected chi connectivity index (χ3v) is 5.45. The Kier molecular flexibility index (Phi) is 2.40. The third-order valence-electron chi connectivity index (χ3n) is 4.21. The predicted octanol–water partition coefficient (Wildman–Crippen LogP) is 3.84. The fourth-order valence-corrected chi connectivity index (χ4v) is 3.05. The summed E-state index contributed by atoms with van der Waals surface area (Å²) in [5.74, 6) is 0.880. The first-order chi connectivity index (χ1) is 4.94. The van der Waals surface area contributed by atoms with Crippen LogP contribution in [0.2, 0.25) is 0 Å². The van der Waals surface area contributed by atoms with Crippen LogP contribution < -0.4 is 0 Å². The largest absolute Gasteiger partial charge is 0.0922 e. The Morgan fingerprint density at radius 3 is 2.09 bits per heavy atom. The molecule has 1 rings (SSSR count). The van der Waals surface area contributed by atoms with E-state index in [1.54, 1.807) is 0 Å². The molecule has 1 aliphatic carbocycles. The molecule has 2 atom stereocenters. The van der Waals surface area contributed by atoms with E-state index in [0.717, 1.165) is 11.2 Å². The van der Waals surface area contributed by atoms with Crippen LogP contribution in [0.25, 0.3) is 0 Å². The van der Waals surface area contributed by atoms with E-state index in [1.165, 1.54) is 12.8 Å². The Bertz CT molecular complexity index is 148. The molecule has 0 nitrogen and oxygen atoms in total. The third kappa shape index (κ3) is 1.26. The van der Waals surface area contributed by atoms with Gasteiger partial charge in [0.1, 0.15) is 0 Å². The zero-order valence-electron chi connectivity index (χ0n) is 8.08. The van der Waals surface area contributed by atoms with Gasteiger partial charge < -0.3 is 0 Å². The van der Waals surface area contributed by atoms with Crippen molar-refractivity contribution in [2.24, 2.45) is 16.7 Å². The summed E-state index contributed by atoms with van der Waals surface area (Å²) in [7, 11) is 0. The highest BCUT2D eigenvalue weighted by Crippen LogP contribution is 2.56. The van der Waals surface area contributed by atoms with Crippen LogP contribution in [-0.4, -0.2) is 5.33 Å². The zero-order chi connectivity index (χ0) is 8.70. The standard InChI is InChI=1S/C10H19Br/c1-8-5-6-10(4,7-11)9(8,2)3/h8H,5-7H2,1-4H3/t8-,10-/m0/s1. The molecule has 11 heavy (non-hydrogen) atoms. The molecular formula is C10H19Br. The van der Waals surface area contributed by atoms with Gasteiger partial charge in [-0.2, -0.15) is 0 Å². The number of alkyl halides is 1. The van der Waals surface area contributed by atoms with Gasteiger partial charge >= 0.3 is 0 Å². The van der Waals surface area contributed by atoms with Crippen LogP contribution in [0.1, 0.15) is 40.5 Å². The Labute approximate surface area is 78.9 Å². The smallest absolute Gasteiger partial charge is 0.00905 e. The second-order valence-electron chi connectivity index (χ2n) is 4.86. The van der Waals surface area contributed by atoms with Crippen molar-refractivity contribution in [2.75, 3.05) is 5.33 Å². The number of rotatable bonds is 1. The van der Waals surface area contributed by atoms with Crippen molar-refractivity contribution < 1.29 is 0 Å². The van der Waals surface area contributed by atoms with Crippen LogP contribution in [0.5, 0.6) is 0 Å². The summed E-state index contributed by atoms with van der Waals surface area (Å²) >= 11 is 3.64. The van der Waals surface area contributed by atoms with Gasteiger partial charge in [0.25, 0.3) is 0 Å². The lowest BCUT2D eigenvalue weighted by Crippen LogP contribution is -2.34. The van der Waals surface area contributed by atoms with Gasteiger partial charge in [-0.15, -0.1) is 0 Å². The van der Waals surface area contributed by atoms with Crippen molar-refractivity contribution in [1.82, 2.24) is 0 Å². The van der Waals surface area contributed by atoms with E-state index in [9.17, 15) is 0 Å². The number of hydrogen-bond donors (Lipinski definition) is 0. The van der Waals surface area contributed by atoms with E-state index < -0.39 is 0 Å². The van der Waals surface area contributed by atoms with E-state index in [0.29, 0.717) is 10.8 Å². The molecule has 0 aromatic rings. The molecule has 0 bridgehead atoms. The average Bonchev–Trinajstić information content (AvgIpc) is 2.15. The molecule has 0 amide bonds. The maximum Gasteiger partial charge on any atom is 0.00905 e. The summed E-state index contributed by atoms with van der Waals surface area (Å²) in [4.78, 5) is 0. The normalized spacial score (nSPS) is 42.8. The highest BCUT2D eigenvalue weighted by atomic mass is 79.9. The Morgan fingerprint density at radius 2 is 1.91 bits per heavy atom. The van der Waals surface area contributed by atoms with Crippen molar-refractivity contribution in [3.05, 3.63) is 0 Å². The fraction of sp³-hybridized carbons (Fsp3) is 1.00. The molecule has 1 aliphatic rings. The quantitative estimate of drug-likeness (QED) is 0.587. The monoisotopic (exact) mass is 218 g/mol. The minimum atomic E-state index is 0.510. The molecule has 0 N–H and O–H groups in total. The molecule has 1 heteroatoms. The predicted molar refractivity (Wildman–Crippen MR) is 54.1 cm³/mol. The molecule has 0 heterocycles. The van der Waals surface area contributed by atoms with Crippen LogP contribution >= 0.6 is 15.9 Å². The second kappa shape index (κ2) is 2.76. The fourth-order valence-electron chi connectivity index (χ4n) is 2.05. The average molecular weight is 219 g/mol. The Hall–Kier alpha value is 0.480. The second-order valence-corrected chi connectivity index (χ2v) is 5.42. The Balaban J connectivity index is 2.86. The molecule has 0 spiro atoms. The summed E-state index contributed by atoms with van der Waals surface area (Å²) in [5.41, 5.74) is 1.03. The maximum atomic E-state index is 3.64. The summed E-state index contributed by atoms with van der Waals surface area (Å²) in [6.07, 6.45) is 2.78. The van der Waals surface area contributed by atoms with E-state index in [-0.39, 0.29) is 0 Å². The van der Waals surface area contributed by atoms with Crippen LogP contribution in [0.3, 0.4) is 0 Å². The molecule has 66 valence electrons. The minimum absolute atomic E-state index is 0.510. The molecule has 0 aromatic heterocycles. The van der Waals surface area contributed by atoms with Gasteiger partial charge in [0.05, 0.1) is 0 Å². The van der Waals surface area contributed by atoms with Crippen LogP contribution in [0.15, 0.2) is 0 Å². The first-order valence-corrected chi connectivity index (χ1v) is 5.62. The van der Waals surface area contributed by atoms with Gasteiger partial charge in [0.2, 0.25) is 0 Å². The Morgan fingerprint density at radius 1 is 1.36 bits per heavy atom. The molecule has 0 aromatic carbocycles. The first-order valence-electron chi connectivity index (χ1n) is 4.50. The molecule has 0 unspecified atom stereocenters. The van der Waals surface area contributed by atoms with Crippen LogP contribution in [0.4, 0.5) is 0 Å². The van der Waals surface area contributed by atoms with E-state index in [1.807, 2.05) is 0 Å². The summed E-state index contributed by atoms with van der Waals surface area (Å²) in [6.45, 7) is 9.61. The highest BCUT2D eigenvalue weighted by molar-refractivity contribution is 9.09. The highest BCUT2D eigenvalue weighted by Gasteiger charge is 2.48.